The molecule has 0 saturated carbocycles. The van der Waals surface area contributed by atoms with Crippen molar-refractivity contribution < 1.29 is 4.79 Å². The van der Waals surface area contributed by atoms with Crippen molar-refractivity contribution in [2.75, 3.05) is 11.1 Å². The first-order valence-electron chi connectivity index (χ1n) is 9.28. The van der Waals surface area contributed by atoms with Gasteiger partial charge in [0.05, 0.1) is 11.4 Å². The van der Waals surface area contributed by atoms with E-state index in [1.807, 2.05) is 50.2 Å². The second-order valence-corrected chi connectivity index (χ2v) is 7.99. The highest BCUT2D eigenvalue weighted by molar-refractivity contribution is 7.99. The lowest BCUT2D eigenvalue weighted by Gasteiger charge is -2.07. The summed E-state index contributed by atoms with van der Waals surface area (Å²) in [6, 6.07) is 18.0. The van der Waals surface area contributed by atoms with E-state index in [-0.39, 0.29) is 11.7 Å². The summed E-state index contributed by atoms with van der Waals surface area (Å²) in [4.78, 5) is 12.4. The Morgan fingerprint density at radius 3 is 2.38 bits per heavy atom. The molecule has 7 heteroatoms. The van der Waals surface area contributed by atoms with E-state index in [4.69, 9.17) is 0 Å². The number of hydrogen-bond donors (Lipinski definition) is 1. The number of fused-ring (bicyclic) bond motifs is 1. The van der Waals surface area contributed by atoms with Crippen LogP contribution in [0.3, 0.4) is 0 Å². The van der Waals surface area contributed by atoms with E-state index in [2.05, 4.69) is 45.7 Å². The Morgan fingerprint density at radius 2 is 1.66 bits per heavy atom. The molecule has 0 radical (unpaired) electrons. The molecule has 0 unspecified atom stereocenters. The Bertz CT molecular complexity index is 1160. The van der Waals surface area contributed by atoms with Gasteiger partial charge in [0.15, 0.2) is 5.65 Å². The first kappa shape index (κ1) is 19.1. The minimum atomic E-state index is -0.0913. The number of aryl methyl sites for hydroxylation is 3. The first-order chi connectivity index (χ1) is 14.0. The monoisotopic (exact) mass is 403 g/mol. The molecule has 2 aromatic carbocycles. The van der Waals surface area contributed by atoms with Crippen molar-refractivity contribution in [3.8, 4) is 11.3 Å². The van der Waals surface area contributed by atoms with Gasteiger partial charge in [-0.05, 0) is 56.2 Å². The number of rotatable bonds is 5. The number of anilines is 1. The Kier molecular flexibility index (Phi) is 5.31. The molecule has 146 valence electrons. The van der Waals surface area contributed by atoms with Gasteiger partial charge in [0, 0.05) is 11.3 Å². The van der Waals surface area contributed by atoms with Gasteiger partial charge in [0.1, 0.15) is 0 Å². The number of amides is 1. The number of carbonyl (C=O) groups is 1. The summed E-state index contributed by atoms with van der Waals surface area (Å²) >= 11 is 1.31. The van der Waals surface area contributed by atoms with Crippen molar-refractivity contribution in [3.05, 3.63) is 71.3 Å². The van der Waals surface area contributed by atoms with Crippen LogP contribution in [0.25, 0.3) is 16.9 Å². The minimum absolute atomic E-state index is 0.0913. The number of aromatic nitrogens is 4. The predicted molar refractivity (Wildman–Crippen MR) is 116 cm³/mol. The van der Waals surface area contributed by atoms with Gasteiger partial charge >= 0.3 is 0 Å². The number of benzene rings is 2. The molecule has 6 nitrogen and oxygen atoms in total. The third-order valence-electron chi connectivity index (χ3n) is 4.42. The van der Waals surface area contributed by atoms with Crippen LogP contribution in [0.15, 0.2) is 59.8 Å². The Morgan fingerprint density at radius 1 is 0.931 bits per heavy atom. The van der Waals surface area contributed by atoms with E-state index < -0.39 is 0 Å². The normalized spacial score (nSPS) is 11.0. The van der Waals surface area contributed by atoms with Crippen LogP contribution in [0, 0.1) is 20.8 Å². The molecule has 2 aromatic heterocycles. The number of carbonyl (C=O) groups excluding carboxylic acids is 1. The fourth-order valence-corrected chi connectivity index (χ4v) is 3.80. The van der Waals surface area contributed by atoms with E-state index in [9.17, 15) is 4.79 Å². The maximum absolute atomic E-state index is 12.4. The van der Waals surface area contributed by atoms with Crippen LogP contribution < -0.4 is 5.32 Å². The fourth-order valence-electron chi connectivity index (χ4n) is 3.11. The summed E-state index contributed by atoms with van der Waals surface area (Å²) in [5.41, 5.74) is 6.74. The molecule has 4 rings (SSSR count). The summed E-state index contributed by atoms with van der Waals surface area (Å²) in [6.45, 7) is 6.08. The highest BCUT2D eigenvalue weighted by Crippen LogP contribution is 2.21. The molecule has 0 saturated heterocycles. The van der Waals surface area contributed by atoms with Crippen LogP contribution in [0.4, 0.5) is 5.69 Å². The van der Waals surface area contributed by atoms with Gasteiger partial charge in [-0.15, -0.1) is 10.2 Å². The number of hydrogen-bond acceptors (Lipinski definition) is 5. The third-order valence-corrected chi connectivity index (χ3v) is 5.34. The Hall–Kier alpha value is -3.19. The molecule has 0 atom stereocenters. The molecule has 1 N–H and O–H groups in total. The van der Waals surface area contributed by atoms with Gasteiger partial charge in [0.2, 0.25) is 11.1 Å². The number of nitrogens with one attached hydrogen (secondary N) is 1. The quantitative estimate of drug-likeness (QED) is 0.499. The van der Waals surface area contributed by atoms with E-state index in [0.29, 0.717) is 10.8 Å². The van der Waals surface area contributed by atoms with Gasteiger partial charge in [-0.2, -0.15) is 9.61 Å². The van der Waals surface area contributed by atoms with Crippen LogP contribution in [-0.2, 0) is 4.79 Å². The molecule has 0 aliphatic carbocycles. The Balaban J connectivity index is 1.49. The highest BCUT2D eigenvalue weighted by atomic mass is 32.2. The largest absolute Gasteiger partial charge is 0.325 e. The van der Waals surface area contributed by atoms with Crippen LogP contribution in [-0.4, -0.2) is 31.5 Å². The summed E-state index contributed by atoms with van der Waals surface area (Å²) in [5.74, 6) is 0.135. The van der Waals surface area contributed by atoms with Gasteiger partial charge in [-0.1, -0.05) is 47.7 Å². The number of thioether (sulfide) groups is 1. The van der Waals surface area contributed by atoms with Crippen molar-refractivity contribution in [3.63, 3.8) is 0 Å². The summed E-state index contributed by atoms with van der Waals surface area (Å²) < 4.78 is 1.68. The summed E-state index contributed by atoms with van der Waals surface area (Å²) in [6.07, 6.45) is 0. The molecule has 29 heavy (non-hydrogen) atoms. The molecule has 0 fully saturated rings. The molecule has 1 amide bonds. The third kappa shape index (κ3) is 4.46. The van der Waals surface area contributed by atoms with Crippen molar-refractivity contribution in [2.45, 2.75) is 25.9 Å². The predicted octanol–water partition coefficient (Wildman–Crippen LogP) is 4.45. The highest BCUT2D eigenvalue weighted by Gasteiger charge is 2.12. The van der Waals surface area contributed by atoms with E-state index in [0.717, 1.165) is 28.1 Å². The standard InChI is InChI=1S/C22H21N5OS/c1-14-4-6-17(7-5-14)19-8-9-20-24-25-22(27(20)26-19)29-13-21(28)23-18-11-15(2)10-16(3)12-18/h4-12H,13H2,1-3H3,(H,23,28). The van der Waals surface area contributed by atoms with E-state index in [1.54, 1.807) is 4.52 Å². The molecule has 0 aliphatic rings. The molecular weight excluding hydrogens is 382 g/mol. The lowest BCUT2D eigenvalue weighted by atomic mass is 10.1. The topological polar surface area (TPSA) is 72.2 Å². The maximum Gasteiger partial charge on any atom is 0.234 e. The molecule has 0 spiro atoms. The maximum atomic E-state index is 12.4. The smallest absolute Gasteiger partial charge is 0.234 e. The van der Waals surface area contributed by atoms with Crippen molar-refractivity contribution in [2.24, 2.45) is 0 Å². The van der Waals surface area contributed by atoms with Crippen LogP contribution in [0.2, 0.25) is 0 Å². The number of nitrogens with zero attached hydrogens (tertiary/aromatic N) is 4. The van der Waals surface area contributed by atoms with Crippen molar-refractivity contribution in [1.29, 1.82) is 0 Å². The molecule has 4 aromatic rings. The lowest BCUT2D eigenvalue weighted by molar-refractivity contribution is -0.113. The van der Waals surface area contributed by atoms with Crippen LogP contribution in [0.1, 0.15) is 16.7 Å². The van der Waals surface area contributed by atoms with Gasteiger partial charge in [-0.3, -0.25) is 4.79 Å². The molecule has 0 aliphatic heterocycles. The second-order valence-electron chi connectivity index (χ2n) is 7.05. The average molecular weight is 404 g/mol. The zero-order valence-electron chi connectivity index (χ0n) is 16.5. The average Bonchev–Trinajstić information content (AvgIpc) is 3.08. The van der Waals surface area contributed by atoms with Crippen molar-refractivity contribution >= 4 is 29.0 Å². The van der Waals surface area contributed by atoms with Crippen molar-refractivity contribution in [1.82, 2.24) is 19.8 Å². The Labute approximate surface area is 173 Å². The second kappa shape index (κ2) is 8.05. The fraction of sp³-hybridized carbons (Fsp3) is 0.182. The van der Waals surface area contributed by atoms with Gasteiger partial charge in [0.25, 0.3) is 0 Å². The van der Waals surface area contributed by atoms with E-state index in [1.165, 1.54) is 17.3 Å². The van der Waals surface area contributed by atoms with Gasteiger partial charge < -0.3 is 5.32 Å². The summed E-state index contributed by atoms with van der Waals surface area (Å²) in [5, 5.41) is 16.5. The zero-order valence-corrected chi connectivity index (χ0v) is 17.3. The zero-order chi connectivity index (χ0) is 20.4. The SMILES string of the molecule is Cc1ccc(-c2ccc3nnc(SCC(=O)Nc4cc(C)cc(C)c4)n3n2)cc1. The van der Waals surface area contributed by atoms with Gasteiger partial charge in [-0.25, -0.2) is 0 Å². The van der Waals surface area contributed by atoms with E-state index >= 15 is 0 Å². The lowest BCUT2D eigenvalue weighted by Crippen LogP contribution is -2.14. The minimum Gasteiger partial charge on any atom is -0.325 e. The molecule has 0 bridgehead atoms. The molecule has 2 heterocycles. The first-order valence-corrected chi connectivity index (χ1v) is 10.3. The van der Waals surface area contributed by atoms with Crippen LogP contribution in [0.5, 0.6) is 0 Å². The van der Waals surface area contributed by atoms with Crippen LogP contribution >= 0.6 is 11.8 Å². The summed E-state index contributed by atoms with van der Waals surface area (Å²) in [7, 11) is 0. The molecular formula is C22H21N5OS.